The molecule has 0 aromatic heterocycles. The Hall–Kier alpha value is -2.94. The molecule has 35 heavy (non-hydrogen) atoms. The number of benzene rings is 2. The van der Waals surface area contributed by atoms with Crippen molar-refractivity contribution in [2.75, 3.05) is 26.9 Å². The van der Waals surface area contributed by atoms with Gasteiger partial charge in [0, 0.05) is 41.9 Å². The van der Waals surface area contributed by atoms with Gasteiger partial charge < -0.3 is 25.5 Å². The van der Waals surface area contributed by atoms with Crippen LogP contribution in [0, 0.1) is 11.7 Å². The summed E-state index contributed by atoms with van der Waals surface area (Å²) in [6, 6.07) is 9.79. The Labute approximate surface area is 211 Å². The lowest BCUT2D eigenvalue weighted by Crippen LogP contribution is -2.31. The number of hydrogen-bond acceptors (Lipinski definition) is 6. The minimum absolute atomic E-state index is 0.194. The van der Waals surface area contributed by atoms with Gasteiger partial charge in [-0.25, -0.2) is 4.39 Å². The number of allylic oxidation sites excluding steroid dienone is 1. The predicted octanol–water partition coefficient (Wildman–Crippen LogP) is 4.66. The van der Waals surface area contributed by atoms with E-state index >= 15 is 0 Å². The Bertz CT molecular complexity index is 1030. The van der Waals surface area contributed by atoms with Gasteiger partial charge in [0.2, 0.25) is 0 Å². The Morgan fingerprint density at radius 3 is 2.66 bits per heavy atom. The third-order valence-corrected chi connectivity index (χ3v) is 4.98. The minimum atomic E-state index is -0.467. The SMILES string of the molecule is C/C=C/C(=N\NCc1cc(Cl)ccc1OCC(C)C)NC(=O)c1ccc(CNCCOC)c(F)c1. The highest BCUT2D eigenvalue weighted by Gasteiger charge is 2.12. The molecule has 0 bridgehead atoms. The van der Waals surface area contributed by atoms with E-state index in [0.29, 0.717) is 49.4 Å². The summed E-state index contributed by atoms with van der Waals surface area (Å²) in [5.74, 6) is 0.460. The smallest absolute Gasteiger partial charge is 0.256 e. The molecule has 2 aromatic rings. The van der Waals surface area contributed by atoms with Crippen LogP contribution >= 0.6 is 11.6 Å². The van der Waals surface area contributed by atoms with Crippen LogP contribution in [0.1, 0.15) is 42.3 Å². The molecule has 0 radical (unpaired) electrons. The van der Waals surface area contributed by atoms with Crippen molar-refractivity contribution in [1.82, 2.24) is 16.1 Å². The summed E-state index contributed by atoms with van der Waals surface area (Å²) in [6.07, 6.45) is 3.39. The maximum atomic E-state index is 14.4. The summed E-state index contributed by atoms with van der Waals surface area (Å²) < 4.78 is 25.3. The zero-order valence-electron chi connectivity index (χ0n) is 20.7. The van der Waals surface area contributed by atoms with Crippen LogP contribution in [0.15, 0.2) is 53.7 Å². The molecule has 2 rings (SSSR count). The van der Waals surface area contributed by atoms with Gasteiger partial charge in [-0.3, -0.25) is 4.79 Å². The van der Waals surface area contributed by atoms with Crippen LogP contribution in [0.4, 0.5) is 4.39 Å². The molecule has 2 aromatic carbocycles. The minimum Gasteiger partial charge on any atom is -0.493 e. The van der Waals surface area contributed by atoms with Gasteiger partial charge in [0.05, 0.1) is 19.8 Å². The van der Waals surface area contributed by atoms with Crippen molar-refractivity contribution >= 4 is 23.3 Å². The average Bonchev–Trinajstić information content (AvgIpc) is 2.82. The first-order valence-corrected chi connectivity index (χ1v) is 11.9. The zero-order valence-corrected chi connectivity index (χ0v) is 21.4. The van der Waals surface area contributed by atoms with E-state index in [4.69, 9.17) is 21.1 Å². The number of carbonyl (C=O) groups is 1. The van der Waals surface area contributed by atoms with Crippen molar-refractivity contribution in [3.05, 3.63) is 76.1 Å². The van der Waals surface area contributed by atoms with Crippen molar-refractivity contribution in [3.63, 3.8) is 0 Å². The number of hydrazone groups is 1. The van der Waals surface area contributed by atoms with Gasteiger partial charge in [0.15, 0.2) is 5.84 Å². The molecule has 0 unspecified atom stereocenters. The van der Waals surface area contributed by atoms with E-state index in [1.165, 1.54) is 6.07 Å². The number of nitrogens with one attached hydrogen (secondary N) is 3. The molecule has 0 aliphatic heterocycles. The van der Waals surface area contributed by atoms with Crippen LogP contribution in [-0.2, 0) is 17.8 Å². The summed E-state index contributed by atoms with van der Waals surface area (Å²) in [5.41, 5.74) is 4.45. The van der Waals surface area contributed by atoms with Gasteiger partial charge in [-0.2, -0.15) is 5.10 Å². The van der Waals surface area contributed by atoms with E-state index in [1.807, 2.05) is 19.1 Å². The van der Waals surface area contributed by atoms with Gasteiger partial charge in [0.1, 0.15) is 11.6 Å². The van der Waals surface area contributed by atoms with Crippen LogP contribution in [0.5, 0.6) is 5.75 Å². The van der Waals surface area contributed by atoms with Crippen LogP contribution < -0.4 is 20.8 Å². The highest BCUT2D eigenvalue weighted by Crippen LogP contribution is 2.23. The molecule has 0 aliphatic rings. The van der Waals surface area contributed by atoms with Gasteiger partial charge >= 0.3 is 0 Å². The second kappa shape index (κ2) is 15.1. The van der Waals surface area contributed by atoms with Crippen LogP contribution in [0.2, 0.25) is 5.02 Å². The number of amidine groups is 1. The third-order valence-electron chi connectivity index (χ3n) is 4.74. The zero-order chi connectivity index (χ0) is 25.6. The lowest BCUT2D eigenvalue weighted by Gasteiger charge is -2.14. The van der Waals surface area contributed by atoms with E-state index in [2.05, 4.69) is 35.0 Å². The molecular weight excluding hydrogens is 471 g/mol. The first-order valence-electron chi connectivity index (χ1n) is 11.5. The Morgan fingerprint density at radius 1 is 1.17 bits per heavy atom. The van der Waals surface area contributed by atoms with E-state index in [1.54, 1.807) is 37.5 Å². The van der Waals surface area contributed by atoms with Gasteiger partial charge in [0.25, 0.3) is 5.91 Å². The molecule has 0 fully saturated rings. The van der Waals surface area contributed by atoms with Crippen molar-refractivity contribution in [2.24, 2.45) is 11.0 Å². The van der Waals surface area contributed by atoms with Gasteiger partial charge in [-0.05, 0) is 49.2 Å². The van der Waals surface area contributed by atoms with Crippen LogP contribution in [0.3, 0.4) is 0 Å². The highest BCUT2D eigenvalue weighted by molar-refractivity contribution is 6.30. The quantitative estimate of drug-likeness (QED) is 0.160. The lowest BCUT2D eigenvalue weighted by molar-refractivity contribution is 0.0976. The molecule has 0 heterocycles. The summed E-state index contributed by atoms with van der Waals surface area (Å²) in [4.78, 5) is 12.7. The normalized spacial score (nSPS) is 11.8. The molecule has 7 nitrogen and oxygen atoms in total. The largest absolute Gasteiger partial charge is 0.493 e. The number of rotatable bonds is 13. The summed E-state index contributed by atoms with van der Waals surface area (Å²) in [6.45, 7) is 8.36. The second-order valence-corrected chi connectivity index (χ2v) is 8.66. The first-order chi connectivity index (χ1) is 16.8. The molecule has 1 amide bonds. The van der Waals surface area contributed by atoms with E-state index in [-0.39, 0.29) is 11.4 Å². The number of nitrogens with zero attached hydrogens (tertiary/aromatic N) is 1. The number of halogens is 2. The number of amides is 1. The van der Waals surface area contributed by atoms with Crippen molar-refractivity contribution in [2.45, 2.75) is 33.9 Å². The average molecular weight is 505 g/mol. The Morgan fingerprint density at radius 2 is 1.97 bits per heavy atom. The van der Waals surface area contributed by atoms with Gasteiger partial charge in [-0.1, -0.05) is 37.6 Å². The molecule has 190 valence electrons. The van der Waals surface area contributed by atoms with E-state index in [9.17, 15) is 9.18 Å². The molecule has 0 saturated heterocycles. The molecule has 3 N–H and O–H groups in total. The van der Waals surface area contributed by atoms with Crippen molar-refractivity contribution in [3.8, 4) is 5.75 Å². The highest BCUT2D eigenvalue weighted by atomic mass is 35.5. The molecule has 0 saturated carbocycles. The molecular formula is C26H34ClFN4O3. The standard InChI is InChI=1S/C26H34ClFN4O3/c1-5-6-25(32-30-16-21-13-22(27)9-10-24(21)35-17-18(2)3)31-26(33)19-7-8-20(23(28)14-19)15-29-11-12-34-4/h5-10,13-14,18,29-30H,11-12,15-17H2,1-4H3,(H,31,32,33)/b6-5+. The fourth-order valence-electron chi connectivity index (χ4n) is 2.98. The van der Waals surface area contributed by atoms with E-state index < -0.39 is 11.7 Å². The topological polar surface area (TPSA) is 84.0 Å². The van der Waals surface area contributed by atoms with Crippen molar-refractivity contribution < 1.29 is 18.7 Å². The van der Waals surface area contributed by atoms with Crippen molar-refractivity contribution in [1.29, 1.82) is 0 Å². The number of methoxy groups -OCH3 is 1. The summed E-state index contributed by atoms with van der Waals surface area (Å²) >= 11 is 6.15. The molecule has 0 aliphatic carbocycles. The summed E-state index contributed by atoms with van der Waals surface area (Å²) in [5, 5.41) is 10.6. The number of hydrogen-bond donors (Lipinski definition) is 3. The fourth-order valence-corrected chi connectivity index (χ4v) is 3.17. The monoisotopic (exact) mass is 504 g/mol. The summed E-state index contributed by atoms with van der Waals surface area (Å²) in [7, 11) is 1.60. The number of ether oxygens (including phenoxy) is 2. The maximum Gasteiger partial charge on any atom is 0.256 e. The van der Waals surface area contributed by atoms with Crippen LogP contribution in [0.25, 0.3) is 0 Å². The Kier molecular flexibility index (Phi) is 12.2. The Balaban J connectivity index is 2.03. The lowest BCUT2D eigenvalue weighted by atomic mass is 10.1. The fraction of sp³-hybridized carbons (Fsp3) is 0.385. The molecule has 0 atom stereocenters. The van der Waals surface area contributed by atoms with E-state index in [0.717, 1.165) is 11.3 Å². The third kappa shape index (κ3) is 10.1. The molecule has 9 heteroatoms. The number of carbonyl (C=O) groups excluding carboxylic acids is 1. The van der Waals surface area contributed by atoms with Gasteiger partial charge in [-0.15, -0.1) is 0 Å². The molecule has 0 spiro atoms. The first kappa shape index (κ1) is 28.3. The maximum absolute atomic E-state index is 14.4. The van der Waals surface area contributed by atoms with Crippen LogP contribution in [-0.4, -0.2) is 38.6 Å². The second-order valence-electron chi connectivity index (χ2n) is 8.22. The predicted molar refractivity (Wildman–Crippen MR) is 138 cm³/mol.